The van der Waals surface area contributed by atoms with E-state index in [1.165, 1.54) is 18.0 Å². The highest BCUT2D eigenvalue weighted by Gasteiger charge is 2.22. The number of nitrogens with two attached hydrogens (primary N) is 1. The fourth-order valence-electron chi connectivity index (χ4n) is 2.17. The van der Waals surface area contributed by atoms with Crippen LogP contribution in [0.3, 0.4) is 0 Å². The van der Waals surface area contributed by atoms with E-state index in [-0.39, 0.29) is 18.8 Å². The third-order valence-corrected chi connectivity index (χ3v) is 3.48. The summed E-state index contributed by atoms with van der Waals surface area (Å²) in [4.78, 5) is 26.7. The van der Waals surface area contributed by atoms with Crippen LogP contribution < -0.4 is 15.5 Å². The molecule has 0 saturated carbocycles. The van der Waals surface area contributed by atoms with E-state index in [0.717, 1.165) is 11.0 Å². The smallest absolute Gasteiger partial charge is 0.246 e. The van der Waals surface area contributed by atoms with Crippen LogP contribution >= 0.6 is 0 Å². The number of carbonyl (C=O) groups excluding carboxylic acids is 2. The Labute approximate surface area is 138 Å². The first-order valence-corrected chi connectivity index (χ1v) is 7.21. The van der Waals surface area contributed by atoms with Crippen LogP contribution in [-0.4, -0.2) is 32.0 Å². The van der Waals surface area contributed by atoms with Crippen LogP contribution in [0.25, 0.3) is 0 Å². The van der Waals surface area contributed by atoms with E-state index in [2.05, 4.69) is 0 Å². The van der Waals surface area contributed by atoms with Gasteiger partial charge in [0, 0.05) is 18.8 Å². The van der Waals surface area contributed by atoms with E-state index in [1.807, 2.05) is 0 Å². The van der Waals surface area contributed by atoms with Gasteiger partial charge in [-0.1, -0.05) is 18.2 Å². The number of rotatable bonds is 5. The summed E-state index contributed by atoms with van der Waals surface area (Å²) in [6.07, 6.45) is 0. The van der Waals surface area contributed by atoms with Crippen molar-refractivity contribution in [3.05, 3.63) is 60.2 Å². The number of benzene rings is 2. The molecule has 0 bridgehead atoms. The standard InChI is InChI=1S/C17H17F2N3O2/c1-21(15-8-7-12(18)9-14(15)19)17(24)11-22(16(23)10-20)13-5-3-2-4-6-13/h2-9H,10-11,20H2,1H3. The molecule has 126 valence electrons. The summed E-state index contributed by atoms with van der Waals surface area (Å²) in [5, 5.41) is 0. The first-order chi connectivity index (χ1) is 11.4. The number of likely N-dealkylation sites (N-methyl/N-ethyl adjacent to an activating group) is 1. The van der Waals surface area contributed by atoms with Gasteiger partial charge in [0.05, 0.1) is 12.2 Å². The molecule has 7 heteroatoms. The van der Waals surface area contributed by atoms with Crippen molar-refractivity contribution in [1.82, 2.24) is 0 Å². The fraction of sp³-hybridized carbons (Fsp3) is 0.176. The van der Waals surface area contributed by atoms with E-state index in [0.29, 0.717) is 11.8 Å². The Morgan fingerprint density at radius 2 is 1.71 bits per heavy atom. The Bertz CT molecular complexity index is 738. The molecular weight excluding hydrogens is 316 g/mol. The molecule has 0 aliphatic carbocycles. The quantitative estimate of drug-likeness (QED) is 0.909. The molecule has 0 atom stereocenters. The van der Waals surface area contributed by atoms with Crippen molar-refractivity contribution < 1.29 is 18.4 Å². The molecule has 0 heterocycles. The first-order valence-electron chi connectivity index (χ1n) is 7.21. The third-order valence-electron chi connectivity index (χ3n) is 3.48. The van der Waals surface area contributed by atoms with Gasteiger partial charge in [-0.15, -0.1) is 0 Å². The van der Waals surface area contributed by atoms with Crippen LogP contribution in [-0.2, 0) is 9.59 Å². The topological polar surface area (TPSA) is 66.6 Å². The van der Waals surface area contributed by atoms with Crippen molar-refractivity contribution in [1.29, 1.82) is 0 Å². The lowest BCUT2D eigenvalue weighted by molar-refractivity contribution is -0.121. The van der Waals surface area contributed by atoms with Crippen molar-refractivity contribution in [3.8, 4) is 0 Å². The second kappa shape index (κ2) is 7.65. The highest BCUT2D eigenvalue weighted by molar-refractivity contribution is 6.04. The van der Waals surface area contributed by atoms with Crippen molar-refractivity contribution in [2.75, 3.05) is 29.9 Å². The van der Waals surface area contributed by atoms with Gasteiger partial charge in [-0.05, 0) is 24.3 Å². The largest absolute Gasteiger partial charge is 0.322 e. The zero-order valence-electron chi connectivity index (χ0n) is 13.1. The molecule has 0 saturated heterocycles. The normalized spacial score (nSPS) is 10.3. The number of carbonyl (C=O) groups is 2. The molecule has 2 aromatic carbocycles. The molecule has 0 spiro atoms. The van der Waals surface area contributed by atoms with Crippen LogP contribution in [0.1, 0.15) is 0 Å². The molecule has 0 unspecified atom stereocenters. The lowest BCUT2D eigenvalue weighted by Gasteiger charge is -2.25. The molecule has 0 radical (unpaired) electrons. The Hall–Kier alpha value is -2.80. The minimum Gasteiger partial charge on any atom is -0.322 e. The van der Waals surface area contributed by atoms with Gasteiger partial charge in [-0.3, -0.25) is 9.59 Å². The Morgan fingerprint density at radius 3 is 2.29 bits per heavy atom. The molecular formula is C17H17F2N3O2. The predicted molar refractivity (Wildman–Crippen MR) is 87.6 cm³/mol. The van der Waals surface area contributed by atoms with Crippen LogP contribution in [0.2, 0.25) is 0 Å². The SMILES string of the molecule is CN(C(=O)CN(C(=O)CN)c1ccccc1)c1ccc(F)cc1F. The molecule has 0 aliphatic rings. The fourth-order valence-corrected chi connectivity index (χ4v) is 2.17. The maximum Gasteiger partial charge on any atom is 0.246 e. The third kappa shape index (κ3) is 3.94. The summed E-state index contributed by atoms with van der Waals surface area (Å²) in [5.74, 6) is -2.57. The summed E-state index contributed by atoms with van der Waals surface area (Å²) in [5.41, 5.74) is 5.83. The summed E-state index contributed by atoms with van der Waals surface area (Å²) in [6, 6.07) is 11.5. The lowest BCUT2D eigenvalue weighted by atomic mass is 10.2. The van der Waals surface area contributed by atoms with Gasteiger partial charge >= 0.3 is 0 Å². The van der Waals surface area contributed by atoms with Crippen molar-refractivity contribution >= 4 is 23.2 Å². The Kier molecular flexibility index (Phi) is 5.59. The second-order valence-electron chi connectivity index (χ2n) is 5.07. The number of amides is 2. The number of anilines is 2. The number of nitrogens with zero attached hydrogens (tertiary/aromatic N) is 2. The number of halogens is 2. The highest BCUT2D eigenvalue weighted by Crippen LogP contribution is 2.20. The van der Waals surface area contributed by atoms with E-state index in [4.69, 9.17) is 5.73 Å². The minimum absolute atomic E-state index is 0.0744. The van der Waals surface area contributed by atoms with Gasteiger partial charge < -0.3 is 15.5 Å². The molecule has 2 N–H and O–H groups in total. The zero-order valence-corrected chi connectivity index (χ0v) is 13.1. The molecule has 5 nitrogen and oxygen atoms in total. The van der Waals surface area contributed by atoms with Gasteiger partial charge in [0.15, 0.2) is 0 Å². The summed E-state index contributed by atoms with van der Waals surface area (Å²) >= 11 is 0. The number of hydrogen-bond acceptors (Lipinski definition) is 3. The van der Waals surface area contributed by atoms with Gasteiger partial charge in [0.25, 0.3) is 0 Å². The van der Waals surface area contributed by atoms with E-state index >= 15 is 0 Å². The van der Waals surface area contributed by atoms with Crippen LogP contribution in [0, 0.1) is 11.6 Å². The van der Waals surface area contributed by atoms with E-state index in [1.54, 1.807) is 30.3 Å². The molecule has 2 rings (SSSR count). The second-order valence-corrected chi connectivity index (χ2v) is 5.07. The van der Waals surface area contributed by atoms with Gasteiger partial charge in [0.2, 0.25) is 11.8 Å². The minimum atomic E-state index is -0.859. The molecule has 0 aromatic heterocycles. The number of hydrogen-bond donors (Lipinski definition) is 1. The summed E-state index contributed by atoms with van der Waals surface area (Å²) in [6.45, 7) is -0.579. The molecule has 0 aliphatic heterocycles. The molecule has 0 fully saturated rings. The maximum absolute atomic E-state index is 13.8. The summed E-state index contributed by atoms with van der Waals surface area (Å²) < 4.78 is 26.8. The van der Waals surface area contributed by atoms with Gasteiger partial charge in [-0.25, -0.2) is 8.78 Å². The predicted octanol–water partition coefficient (Wildman–Crippen LogP) is 1.92. The Morgan fingerprint density at radius 1 is 1.04 bits per heavy atom. The van der Waals surface area contributed by atoms with Crippen molar-refractivity contribution in [3.63, 3.8) is 0 Å². The Balaban J connectivity index is 2.22. The summed E-state index contributed by atoms with van der Waals surface area (Å²) in [7, 11) is 1.36. The van der Waals surface area contributed by atoms with Gasteiger partial charge in [-0.2, -0.15) is 0 Å². The maximum atomic E-state index is 13.8. The average molecular weight is 333 g/mol. The molecule has 24 heavy (non-hydrogen) atoms. The van der Waals surface area contributed by atoms with Crippen molar-refractivity contribution in [2.24, 2.45) is 5.73 Å². The average Bonchev–Trinajstić information content (AvgIpc) is 2.59. The lowest BCUT2D eigenvalue weighted by Crippen LogP contribution is -2.44. The van der Waals surface area contributed by atoms with Crippen LogP contribution in [0.5, 0.6) is 0 Å². The van der Waals surface area contributed by atoms with Crippen LogP contribution in [0.4, 0.5) is 20.2 Å². The molecule has 2 amide bonds. The highest BCUT2D eigenvalue weighted by atomic mass is 19.1. The van der Waals surface area contributed by atoms with E-state index < -0.39 is 23.4 Å². The molecule has 2 aromatic rings. The van der Waals surface area contributed by atoms with Crippen LogP contribution in [0.15, 0.2) is 48.5 Å². The zero-order chi connectivity index (χ0) is 17.7. The number of para-hydroxylation sites is 1. The van der Waals surface area contributed by atoms with Crippen molar-refractivity contribution in [2.45, 2.75) is 0 Å². The van der Waals surface area contributed by atoms with E-state index in [9.17, 15) is 18.4 Å². The monoisotopic (exact) mass is 333 g/mol. The van der Waals surface area contributed by atoms with Gasteiger partial charge in [0.1, 0.15) is 18.2 Å². The first kappa shape index (κ1) is 17.6.